The molecule has 2 rings (SSSR count). The Morgan fingerprint density at radius 2 is 1.93 bits per heavy atom. The zero-order valence-electron chi connectivity index (χ0n) is 9.33. The van der Waals surface area contributed by atoms with Crippen molar-refractivity contribution in [1.82, 2.24) is 10.2 Å². The van der Waals surface area contributed by atoms with Crippen molar-refractivity contribution in [3.05, 3.63) is 0 Å². The molecule has 2 aliphatic rings. The summed E-state index contributed by atoms with van der Waals surface area (Å²) in [5.74, 6) is 0. The van der Waals surface area contributed by atoms with Crippen molar-refractivity contribution in [1.29, 1.82) is 0 Å². The maximum Gasteiger partial charge on any atom is 0.0589 e. The monoisotopic (exact) mass is 198 g/mol. The van der Waals surface area contributed by atoms with Gasteiger partial charge >= 0.3 is 0 Å². The van der Waals surface area contributed by atoms with E-state index in [0.717, 1.165) is 31.3 Å². The summed E-state index contributed by atoms with van der Waals surface area (Å²) in [6, 6.07) is 2.40. The molecule has 3 nitrogen and oxygen atoms in total. The first-order valence-corrected chi connectivity index (χ1v) is 5.77. The molecule has 0 amide bonds. The van der Waals surface area contributed by atoms with Crippen LogP contribution in [0.25, 0.3) is 0 Å². The summed E-state index contributed by atoms with van der Waals surface area (Å²) in [6.45, 7) is 2.01. The summed E-state index contributed by atoms with van der Waals surface area (Å²) < 4.78 is 5.16. The largest absolute Gasteiger partial charge is 0.383 e. The van der Waals surface area contributed by atoms with Crippen molar-refractivity contribution < 1.29 is 4.74 Å². The van der Waals surface area contributed by atoms with E-state index in [1.165, 1.54) is 25.7 Å². The van der Waals surface area contributed by atoms with Crippen molar-refractivity contribution in [2.75, 3.05) is 27.3 Å². The topological polar surface area (TPSA) is 24.5 Å². The van der Waals surface area contributed by atoms with Crippen molar-refractivity contribution >= 4 is 0 Å². The first-order chi connectivity index (χ1) is 6.85. The van der Waals surface area contributed by atoms with Crippen LogP contribution in [-0.4, -0.2) is 50.3 Å². The Balaban J connectivity index is 1.89. The molecule has 0 radical (unpaired) electrons. The third kappa shape index (κ3) is 1.95. The van der Waals surface area contributed by atoms with Crippen LogP contribution in [0.3, 0.4) is 0 Å². The van der Waals surface area contributed by atoms with Gasteiger partial charge < -0.3 is 10.1 Å². The molecule has 0 spiro atoms. The molecule has 1 N–H and O–H groups in total. The summed E-state index contributed by atoms with van der Waals surface area (Å²) in [4.78, 5) is 2.66. The average Bonchev–Trinajstić information content (AvgIpc) is 2.46. The van der Waals surface area contributed by atoms with Gasteiger partial charge in [0.2, 0.25) is 0 Å². The second-order valence-electron chi connectivity index (χ2n) is 4.57. The van der Waals surface area contributed by atoms with Gasteiger partial charge in [-0.3, -0.25) is 4.90 Å². The van der Waals surface area contributed by atoms with Crippen LogP contribution in [0.15, 0.2) is 0 Å². The highest BCUT2D eigenvalue weighted by Gasteiger charge is 2.39. The van der Waals surface area contributed by atoms with Gasteiger partial charge in [0.05, 0.1) is 6.61 Å². The number of piperidine rings is 1. The predicted molar refractivity (Wildman–Crippen MR) is 57.5 cm³/mol. The fourth-order valence-corrected chi connectivity index (χ4v) is 3.07. The molecule has 2 unspecified atom stereocenters. The van der Waals surface area contributed by atoms with Crippen LogP contribution in [0.5, 0.6) is 0 Å². The van der Waals surface area contributed by atoms with E-state index in [2.05, 4.69) is 17.3 Å². The van der Waals surface area contributed by atoms with E-state index in [-0.39, 0.29) is 0 Å². The number of rotatable bonds is 4. The highest BCUT2D eigenvalue weighted by Crippen LogP contribution is 2.35. The number of ether oxygens (including phenoxy) is 1. The number of hydrogen-bond acceptors (Lipinski definition) is 3. The van der Waals surface area contributed by atoms with Crippen molar-refractivity contribution in [3.63, 3.8) is 0 Å². The summed E-state index contributed by atoms with van der Waals surface area (Å²) in [5.41, 5.74) is 0. The van der Waals surface area contributed by atoms with Crippen molar-refractivity contribution in [2.45, 2.75) is 43.8 Å². The number of nitrogens with zero attached hydrogens (tertiary/aromatic N) is 1. The number of nitrogens with one attached hydrogen (secondary N) is 1. The van der Waals surface area contributed by atoms with Crippen LogP contribution in [0.2, 0.25) is 0 Å². The first-order valence-electron chi connectivity index (χ1n) is 5.77. The smallest absolute Gasteiger partial charge is 0.0589 e. The molecule has 14 heavy (non-hydrogen) atoms. The Labute approximate surface area is 86.8 Å². The lowest BCUT2D eigenvalue weighted by Gasteiger charge is -2.38. The normalized spacial score (nSPS) is 37.7. The van der Waals surface area contributed by atoms with Crippen molar-refractivity contribution in [2.24, 2.45) is 0 Å². The minimum absolute atomic E-state index is 0.756. The Hall–Kier alpha value is -0.120. The third-order valence-electron chi connectivity index (χ3n) is 3.85. The molecule has 0 aromatic rings. The van der Waals surface area contributed by atoms with Gasteiger partial charge in [-0.15, -0.1) is 0 Å². The van der Waals surface area contributed by atoms with Crippen LogP contribution in [-0.2, 0) is 4.74 Å². The van der Waals surface area contributed by atoms with Gasteiger partial charge in [-0.25, -0.2) is 0 Å². The lowest BCUT2D eigenvalue weighted by atomic mass is 9.97. The predicted octanol–water partition coefficient (Wildman–Crippen LogP) is 0.848. The fraction of sp³-hybridized carbons (Fsp3) is 1.00. The van der Waals surface area contributed by atoms with E-state index in [1.54, 1.807) is 7.11 Å². The molecule has 0 aliphatic carbocycles. The van der Waals surface area contributed by atoms with E-state index < -0.39 is 0 Å². The standard InChI is InChI=1S/C11H22N2O/c1-12-9-7-10-3-4-11(8-9)13(10)5-6-14-2/h9-12H,3-8H2,1-2H3. The summed E-state index contributed by atoms with van der Waals surface area (Å²) in [5, 5.41) is 3.42. The second kappa shape index (κ2) is 4.60. The van der Waals surface area contributed by atoms with E-state index >= 15 is 0 Å². The Bertz CT molecular complexity index is 172. The SMILES string of the molecule is CNC1CC2CCC(C1)N2CCOC. The number of fused-ring (bicyclic) bond motifs is 2. The molecule has 2 atom stereocenters. The molecule has 2 heterocycles. The van der Waals surface area contributed by atoms with E-state index in [4.69, 9.17) is 4.74 Å². The Morgan fingerprint density at radius 3 is 2.43 bits per heavy atom. The second-order valence-corrected chi connectivity index (χ2v) is 4.57. The molecular formula is C11H22N2O. The summed E-state index contributed by atoms with van der Waals surface area (Å²) in [7, 11) is 3.89. The van der Waals surface area contributed by atoms with E-state index in [1.807, 2.05) is 0 Å². The van der Waals surface area contributed by atoms with Gasteiger partial charge in [-0.1, -0.05) is 0 Å². The maximum atomic E-state index is 5.16. The lowest BCUT2D eigenvalue weighted by Crippen LogP contribution is -2.49. The molecule has 3 heteroatoms. The zero-order valence-corrected chi connectivity index (χ0v) is 9.33. The molecule has 0 aromatic heterocycles. The molecule has 82 valence electrons. The van der Waals surface area contributed by atoms with Gasteiger partial charge in [-0.05, 0) is 32.7 Å². The number of methoxy groups -OCH3 is 1. The maximum absolute atomic E-state index is 5.16. The zero-order chi connectivity index (χ0) is 9.97. The molecule has 2 bridgehead atoms. The molecule has 2 fully saturated rings. The van der Waals surface area contributed by atoms with Gasteiger partial charge in [0.25, 0.3) is 0 Å². The van der Waals surface area contributed by atoms with E-state index in [9.17, 15) is 0 Å². The Morgan fingerprint density at radius 1 is 1.29 bits per heavy atom. The lowest BCUT2D eigenvalue weighted by molar-refractivity contribution is 0.0791. The highest BCUT2D eigenvalue weighted by atomic mass is 16.5. The molecule has 2 aliphatic heterocycles. The molecule has 2 saturated heterocycles. The fourth-order valence-electron chi connectivity index (χ4n) is 3.07. The van der Waals surface area contributed by atoms with Crippen LogP contribution < -0.4 is 5.32 Å². The third-order valence-corrected chi connectivity index (χ3v) is 3.85. The minimum atomic E-state index is 0.756. The summed E-state index contributed by atoms with van der Waals surface area (Å²) >= 11 is 0. The van der Waals surface area contributed by atoms with Crippen LogP contribution in [0.1, 0.15) is 25.7 Å². The average molecular weight is 198 g/mol. The molecule has 0 saturated carbocycles. The van der Waals surface area contributed by atoms with E-state index in [0.29, 0.717) is 0 Å². The quantitative estimate of drug-likeness (QED) is 0.725. The Kier molecular flexibility index (Phi) is 3.42. The van der Waals surface area contributed by atoms with Crippen LogP contribution in [0, 0.1) is 0 Å². The van der Waals surface area contributed by atoms with Gasteiger partial charge in [0.1, 0.15) is 0 Å². The van der Waals surface area contributed by atoms with Gasteiger partial charge in [0.15, 0.2) is 0 Å². The van der Waals surface area contributed by atoms with Crippen LogP contribution in [0.4, 0.5) is 0 Å². The van der Waals surface area contributed by atoms with Gasteiger partial charge in [0, 0.05) is 31.8 Å². The molecular weight excluding hydrogens is 176 g/mol. The van der Waals surface area contributed by atoms with Gasteiger partial charge in [-0.2, -0.15) is 0 Å². The first kappa shape index (κ1) is 10.4. The van der Waals surface area contributed by atoms with Crippen molar-refractivity contribution in [3.8, 4) is 0 Å². The van der Waals surface area contributed by atoms with Crippen LogP contribution >= 0.6 is 0 Å². The highest BCUT2D eigenvalue weighted by molar-refractivity contribution is 4.96. The molecule has 0 aromatic carbocycles. The number of hydrogen-bond donors (Lipinski definition) is 1. The minimum Gasteiger partial charge on any atom is -0.383 e. The summed E-state index contributed by atoms with van der Waals surface area (Å²) in [6.07, 6.45) is 5.45.